The van der Waals surface area contributed by atoms with Crippen molar-refractivity contribution in [3.63, 3.8) is 0 Å². The van der Waals surface area contributed by atoms with Gasteiger partial charge in [0.15, 0.2) is 0 Å². The third-order valence-electron chi connectivity index (χ3n) is 2.35. The van der Waals surface area contributed by atoms with Gasteiger partial charge in [-0.1, -0.05) is 12.8 Å². The molecular formula is C9H18F2N2. The number of hydrogen-bond acceptors (Lipinski definition) is 2. The van der Waals surface area contributed by atoms with Crippen molar-refractivity contribution in [2.45, 2.75) is 38.2 Å². The van der Waals surface area contributed by atoms with Gasteiger partial charge in [0.1, 0.15) is 0 Å². The summed E-state index contributed by atoms with van der Waals surface area (Å²) in [4.78, 5) is 0. The van der Waals surface area contributed by atoms with Gasteiger partial charge in [-0.2, -0.15) is 0 Å². The van der Waals surface area contributed by atoms with Crippen LogP contribution in [-0.4, -0.2) is 32.1 Å². The Morgan fingerprint density at radius 2 is 2.15 bits per heavy atom. The van der Waals surface area contributed by atoms with Gasteiger partial charge < -0.3 is 10.6 Å². The van der Waals surface area contributed by atoms with E-state index in [2.05, 4.69) is 10.6 Å². The van der Waals surface area contributed by atoms with E-state index < -0.39 is 6.43 Å². The zero-order valence-electron chi connectivity index (χ0n) is 7.86. The van der Waals surface area contributed by atoms with Gasteiger partial charge in [-0.05, 0) is 19.4 Å². The van der Waals surface area contributed by atoms with Crippen LogP contribution in [0.5, 0.6) is 0 Å². The fourth-order valence-corrected chi connectivity index (χ4v) is 1.64. The average molecular weight is 192 g/mol. The molecule has 0 aromatic rings. The second kappa shape index (κ2) is 6.27. The number of nitrogens with one attached hydrogen (secondary N) is 2. The lowest BCUT2D eigenvalue weighted by Gasteiger charge is -2.15. The summed E-state index contributed by atoms with van der Waals surface area (Å²) in [6.07, 6.45) is 2.57. The largest absolute Gasteiger partial charge is 0.313 e. The summed E-state index contributed by atoms with van der Waals surface area (Å²) in [5.41, 5.74) is 0. The van der Waals surface area contributed by atoms with Crippen LogP contribution in [0.2, 0.25) is 0 Å². The van der Waals surface area contributed by atoms with E-state index in [1.807, 2.05) is 0 Å². The Labute approximate surface area is 78.1 Å². The molecule has 4 heteroatoms. The molecule has 0 saturated carbocycles. The molecule has 13 heavy (non-hydrogen) atoms. The molecular weight excluding hydrogens is 174 g/mol. The third kappa shape index (κ3) is 5.16. The summed E-state index contributed by atoms with van der Waals surface area (Å²) in [5.74, 6) is 0. The van der Waals surface area contributed by atoms with Gasteiger partial charge in [-0.15, -0.1) is 0 Å². The van der Waals surface area contributed by atoms with Crippen molar-refractivity contribution < 1.29 is 8.78 Å². The van der Waals surface area contributed by atoms with Crippen molar-refractivity contribution in [1.29, 1.82) is 0 Å². The Morgan fingerprint density at radius 3 is 2.92 bits per heavy atom. The maximum absolute atomic E-state index is 11.8. The van der Waals surface area contributed by atoms with E-state index in [9.17, 15) is 8.78 Å². The van der Waals surface area contributed by atoms with Crippen molar-refractivity contribution >= 4 is 0 Å². The number of rotatable bonds is 4. The van der Waals surface area contributed by atoms with Gasteiger partial charge in [0.2, 0.25) is 0 Å². The first-order valence-electron chi connectivity index (χ1n) is 5.01. The first kappa shape index (κ1) is 10.9. The van der Waals surface area contributed by atoms with E-state index in [-0.39, 0.29) is 6.54 Å². The van der Waals surface area contributed by atoms with Crippen LogP contribution in [0.25, 0.3) is 0 Å². The zero-order valence-corrected chi connectivity index (χ0v) is 7.86. The van der Waals surface area contributed by atoms with E-state index in [1.54, 1.807) is 0 Å². The van der Waals surface area contributed by atoms with Gasteiger partial charge in [-0.3, -0.25) is 0 Å². The molecule has 2 N–H and O–H groups in total. The Bertz CT molecular complexity index is 123. The molecule has 0 amide bonds. The zero-order chi connectivity index (χ0) is 9.52. The molecule has 0 aliphatic carbocycles. The predicted molar refractivity (Wildman–Crippen MR) is 49.1 cm³/mol. The molecule has 0 aromatic heterocycles. The third-order valence-corrected chi connectivity index (χ3v) is 2.35. The maximum atomic E-state index is 11.8. The lowest BCUT2D eigenvalue weighted by Crippen LogP contribution is -2.39. The van der Waals surface area contributed by atoms with Gasteiger partial charge >= 0.3 is 0 Å². The molecule has 1 unspecified atom stereocenters. The highest BCUT2D eigenvalue weighted by Crippen LogP contribution is 2.07. The summed E-state index contributed by atoms with van der Waals surface area (Å²) in [6, 6.07) is 0.390. The van der Waals surface area contributed by atoms with Crippen LogP contribution in [0.15, 0.2) is 0 Å². The van der Waals surface area contributed by atoms with Crippen LogP contribution in [-0.2, 0) is 0 Å². The molecule has 1 aliphatic rings. The fourth-order valence-electron chi connectivity index (χ4n) is 1.64. The molecule has 1 saturated heterocycles. The normalized spacial score (nSPS) is 24.7. The summed E-state index contributed by atoms with van der Waals surface area (Å²) in [5, 5.41) is 6.12. The SMILES string of the molecule is FC(F)CNCC1CCCCCN1. The summed E-state index contributed by atoms with van der Waals surface area (Å²) in [7, 11) is 0. The highest BCUT2D eigenvalue weighted by molar-refractivity contribution is 4.72. The van der Waals surface area contributed by atoms with Gasteiger partial charge in [0.05, 0.1) is 6.54 Å². The van der Waals surface area contributed by atoms with E-state index in [0.717, 1.165) is 13.0 Å². The second-order valence-electron chi connectivity index (χ2n) is 3.55. The van der Waals surface area contributed by atoms with Crippen LogP contribution in [0.1, 0.15) is 25.7 Å². The topological polar surface area (TPSA) is 24.1 Å². The fraction of sp³-hybridized carbons (Fsp3) is 1.00. The lowest BCUT2D eigenvalue weighted by molar-refractivity contribution is 0.145. The Morgan fingerprint density at radius 1 is 1.31 bits per heavy atom. The Balaban J connectivity index is 2.05. The number of halogens is 2. The van der Waals surface area contributed by atoms with Crippen molar-refractivity contribution in [2.75, 3.05) is 19.6 Å². The monoisotopic (exact) mass is 192 g/mol. The molecule has 1 fully saturated rings. The average Bonchev–Trinajstić information content (AvgIpc) is 2.32. The smallest absolute Gasteiger partial charge is 0.250 e. The minimum absolute atomic E-state index is 0.182. The molecule has 1 heterocycles. The first-order valence-corrected chi connectivity index (χ1v) is 5.01. The van der Waals surface area contributed by atoms with E-state index in [1.165, 1.54) is 19.3 Å². The lowest BCUT2D eigenvalue weighted by atomic mass is 10.1. The molecule has 0 radical (unpaired) electrons. The maximum Gasteiger partial charge on any atom is 0.250 e. The quantitative estimate of drug-likeness (QED) is 0.703. The van der Waals surface area contributed by atoms with Crippen LogP contribution < -0.4 is 10.6 Å². The summed E-state index contributed by atoms with van der Waals surface area (Å²) >= 11 is 0. The highest BCUT2D eigenvalue weighted by Gasteiger charge is 2.11. The molecule has 1 aliphatic heterocycles. The number of hydrogen-bond donors (Lipinski definition) is 2. The number of alkyl halides is 2. The van der Waals surface area contributed by atoms with Crippen LogP contribution in [0, 0.1) is 0 Å². The molecule has 0 aromatic carbocycles. The van der Waals surface area contributed by atoms with Crippen molar-refractivity contribution in [1.82, 2.24) is 10.6 Å². The van der Waals surface area contributed by atoms with Gasteiger partial charge in [0.25, 0.3) is 6.43 Å². The molecule has 0 spiro atoms. The molecule has 0 bridgehead atoms. The molecule has 1 atom stereocenters. The van der Waals surface area contributed by atoms with Crippen molar-refractivity contribution in [2.24, 2.45) is 0 Å². The van der Waals surface area contributed by atoms with E-state index in [0.29, 0.717) is 12.6 Å². The Kier molecular flexibility index (Phi) is 5.23. The molecule has 1 rings (SSSR count). The Hall–Kier alpha value is -0.220. The summed E-state index contributed by atoms with van der Waals surface area (Å²) < 4.78 is 23.6. The highest BCUT2D eigenvalue weighted by atomic mass is 19.3. The van der Waals surface area contributed by atoms with Crippen LogP contribution in [0.3, 0.4) is 0 Å². The summed E-state index contributed by atoms with van der Waals surface area (Å²) in [6.45, 7) is 1.52. The standard InChI is InChI=1S/C9H18F2N2/c10-9(11)7-12-6-8-4-2-1-3-5-13-8/h8-9,12-13H,1-7H2. The molecule has 2 nitrogen and oxygen atoms in total. The minimum atomic E-state index is -2.23. The minimum Gasteiger partial charge on any atom is -0.313 e. The second-order valence-corrected chi connectivity index (χ2v) is 3.55. The van der Waals surface area contributed by atoms with Gasteiger partial charge in [0, 0.05) is 12.6 Å². The van der Waals surface area contributed by atoms with E-state index in [4.69, 9.17) is 0 Å². The van der Waals surface area contributed by atoms with Crippen LogP contribution >= 0.6 is 0 Å². The van der Waals surface area contributed by atoms with E-state index >= 15 is 0 Å². The van der Waals surface area contributed by atoms with Gasteiger partial charge in [-0.25, -0.2) is 8.78 Å². The van der Waals surface area contributed by atoms with Crippen molar-refractivity contribution in [3.8, 4) is 0 Å². The molecule has 78 valence electrons. The van der Waals surface area contributed by atoms with Crippen molar-refractivity contribution in [3.05, 3.63) is 0 Å². The van der Waals surface area contributed by atoms with Crippen LogP contribution in [0.4, 0.5) is 8.78 Å². The first-order chi connectivity index (χ1) is 6.29. The predicted octanol–water partition coefficient (Wildman–Crippen LogP) is 1.37.